The lowest BCUT2D eigenvalue weighted by molar-refractivity contribution is -0.143. The van der Waals surface area contributed by atoms with Gasteiger partial charge in [-0.25, -0.2) is 0 Å². The minimum Gasteiger partial charge on any atom is -0.466 e. The number of rotatable bonds is 79. The lowest BCUT2D eigenvalue weighted by Gasteiger charge is -2.20. The molecular formula is C85H163NO5. The lowest BCUT2D eigenvalue weighted by atomic mass is 10.0. The summed E-state index contributed by atoms with van der Waals surface area (Å²) >= 11 is 0. The number of hydrogen-bond acceptors (Lipinski definition) is 5. The van der Waals surface area contributed by atoms with Crippen molar-refractivity contribution in [1.29, 1.82) is 0 Å². The first-order chi connectivity index (χ1) is 45.0. The van der Waals surface area contributed by atoms with Crippen molar-refractivity contribution < 1.29 is 24.5 Å². The van der Waals surface area contributed by atoms with E-state index in [0.29, 0.717) is 19.4 Å². The third-order valence-corrected chi connectivity index (χ3v) is 19.6. The van der Waals surface area contributed by atoms with E-state index in [1.165, 1.54) is 405 Å². The summed E-state index contributed by atoms with van der Waals surface area (Å²) in [6.07, 6.45) is 106. The van der Waals surface area contributed by atoms with Gasteiger partial charge < -0.3 is 20.3 Å². The number of allylic oxidation sites excluding steroid dienone is 5. The summed E-state index contributed by atoms with van der Waals surface area (Å²) in [5.74, 6) is -0.0405. The van der Waals surface area contributed by atoms with Crippen molar-refractivity contribution >= 4 is 11.9 Å². The summed E-state index contributed by atoms with van der Waals surface area (Å²) in [4.78, 5) is 24.7. The van der Waals surface area contributed by atoms with Crippen molar-refractivity contribution in [3.8, 4) is 0 Å². The first-order valence-corrected chi connectivity index (χ1v) is 41.8. The number of unbranched alkanes of at least 4 members (excludes halogenated alkanes) is 64. The van der Waals surface area contributed by atoms with Crippen molar-refractivity contribution in [3.05, 3.63) is 36.5 Å². The maximum Gasteiger partial charge on any atom is 0.305 e. The van der Waals surface area contributed by atoms with E-state index in [4.69, 9.17) is 4.74 Å². The zero-order valence-corrected chi connectivity index (χ0v) is 61.9. The van der Waals surface area contributed by atoms with E-state index in [1.54, 1.807) is 6.08 Å². The van der Waals surface area contributed by atoms with Gasteiger partial charge in [-0.3, -0.25) is 9.59 Å². The topological polar surface area (TPSA) is 95.9 Å². The molecule has 0 saturated carbocycles. The number of ether oxygens (including phenoxy) is 1. The summed E-state index contributed by atoms with van der Waals surface area (Å²) in [6.45, 7) is 4.95. The first-order valence-electron chi connectivity index (χ1n) is 41.8. The number of amides is 1. The molecule has 0 aromatic heterocycles. The third kappa shape index (κ3) is 77.0. The molecule has 0 aliphatic rings. The highest BCUT2D eigenvalue weighted by atomic mass is 16.5. The molecule has 6 heteroatoms. The van der Waals surface area contributed by atoms with Gasteiger partial charge in [0.1, 0.15) is 0 Å². The predicted molar refractivity (Wildman–Crippen MR) is 403 cm³/mol. The number of nitrogens with one attached hydrogen (secondary N) is 1. The van der Waals surface area contributed by atoms with Gasteiger partial charge in [0.25, 0.3) is 0 Å². The standard InChI is InChI=1S/C85H163NO5/c1-3-5-7-9-11-13-15-17-19-21-42-45-49-53-57-61-65-69-73-77-83(88)82(81-87)86-84(89)78-74-70-66-62-58-54-50-46-43-40-38-36-34-32-30-28-26-24-23-25-27-29-31-33-35-37-39-41-44-48-52-56-60-64-68-72-76-80-91-85(90)79-75-71-67-63-59-55-51-47-22-20-18-16-14-12-10-8-6-4-2/h20,22-23,25,73,77,82-83,87-88H,3-19,21,24,26-72,74-76,78-81H2,1-2H3,(H,86,89)/b22-20-,25-23-,77-73+. The molecular weight excluding hydrogens is 1110 g/mol. The molecule has 6 nitrogen and oxygen atoms in total. The number of carbonyl (C=O) groups is 2. The molecule has 91 heavy (non-hydrogen) atoms. The molecule has 1 amide bonds. The molecule has 0 aromatic carbocycles. The lowest BCUT2D eigenvalue weighted by Crippen LogP contribution is -2.45. The number of esters is 1. The zero-order valence-electron chi connectivity index (χ0n) is 61.9. The quantitative estimate of drug-likeness (QED) is 0.0320. The molecule has 0 spiro atoms. The fraction of sp³-hybridized carbons (Fsp3) is 0.906. The van der Waals surface area contributed by atoms with Crippen LogP contribution in [0.5, 0.6) is 0 Å². The van der Waals surface area contributed by atoms with Crippen LogP contribution in [0.2, 0.25) is 0 Å². The second-order valence-corrected chi connectivity index (χ2v) is 28.8. The van der Waals surface area contributed by atoms with Gasteiger partial charge in [0.05, 0.1) is 25.4 Å². The number of hydrogen-bond donors (Lipinski definition) is 3. The van der Waals surface area contributed by atoms with Crippen molar-refractivity contribution in [1.82, 2.24) is 5.32 Å². The number of aliphatic hydroxyl groups is 2. The molecule has 0 heterocycles. The minimum absolute atomic E-state index is 0.0192. The van der Waals surface area contributed by atoms with Crippen molar-refractivity contribution in [2.45, 2.75) is 482 Å². The van der Waals surface area contributed by atoms with Crippen LogP contribution in [-0.2, 0) is 14.3 Å². The third-order valence-electron chi connectivity index (χ3n) is 19.6. The normalized spacial score (nSPS) is 12.6. The minimum atomic E-state index is -0.843. The first kappa shape index (κ1) is 89.1. The Morgan fingerprint density at radius 2 is 0.516 bits per heavy atom. The summed E-state index contributed by atoms with van der Waals surface area (Å²) in [7, 11) is 0. The molecule has 0 saturated heterocycles. The largest absolute Gasteiger partial charge is 0.466 e. The van der Waals surface area contributed by atoms with Crippen LogP contribution in [0.3, 0.4) is 0 Å². The van der Waals surface area contributed by atoms with Gasteiger partial charge in [0.15, 0.2) is 0 Å². The average molecular weight is 1280 g/mol. The second kappa shape index (κ2) is 80.5. The Kier molecular flexibility index (Phi) is 78.8. The fourth-order valence-corrected chi connectivity index (χ4v) is 13.3. The molecule has 0 aromatic rings. The molecule has 3 N–H and O–H groups in total. The molecule has 2 unspecified atom stereocenters. The van der Waals surface area contributed by atoms with Gasteiger partial charge in [-0.15, -0.1) is 0 Å². The molecule has 0 fully saturated rings. The Morgan fingerprint density at radius 1 is 0.297 bits per heavy atom. The van der Waals surface area contributed by atoms with E-state index < -0.39 is 12.1 Å². The number of aliphatic hydroxyl groups excluding tert-OH is 2. The maximum atomic E-state index is 12.5. The molecule has 0 aliphatic carbocycles. The molecule has 2 atom stereocenters. The van der Waals surface area contributed by atoms with E-state index in [0.717, 1.165) is 38.5 Å². The zero-order chi connectivity index (χ0) is 65.6. The van der Waals surface area contributed by atoms with Gasteiger partial charge in [-0.1, -0.05) is 410 Å². The second-order valence-electron chi connectivity index (χ2n) is 28.8. The van der Waals surface area contributed by atoms with E-state index in [9.17, 15) is 19.8 Å². The highest BCUT2D eigenvalue weighted by Gasteiger charge is 2.18. The van der Waals surface area contributed by atoms with E-state index in [1.807, 2.05) is 6.08 Å². The van der Waals surface area contributed by atoms with Gasteiger partial charge >= 0.3 is 5.97 Å². The highest BCUT2D eigenvalue weighted by Crippen LogP contribution is 2.20. The van der Waals surface area contributed by atoms with Crippen molar-refractivity contribution in [2.75, 3.05) is 13.2 Å². The molecule has 538 valence electrons. The van der Waals surface area contributed by atoms with E-state index >= 15 is 0 Å². The summed E-state index contributed by atoms with van der Waals surface area (Å²) in [5, 5.41) is 23.3. The van der Waals surface area contributed by atoms with Gasteiger partial charge in [0, 0.05) is 12.8 Å². The van der Waals surface area contributed by atoms with Crippen LogP contribution in [0, 0.1) is 0 Å². The van der Waals surface area contributed by atoms with E-state index in [2.05, 4.69) is 43.5 Å². The Bertz CT molecular complexity index is 1470. The van der Waals surface area contributed by atoms with Crippen LogP contribution >= 0.6 is 0 Å². The van der Waals surface area contributed by atoms with Crippen LogP contribution in [0.1, 0.15) is 470 Å². The summed E-state index contributed by atoms with van der Waals surface area (Å²) in [5.41, 5.74) is 0. The maximum absolute atomic E-state index is 12.5. The number of carbonyl (C=O) groups excluding carboxylic acids is 2. The predicted octanol–water partition coefficient (Wildman–Crippen LogP) is 27.8. The monoisotopic (exact) mass is 1280 g/mol. The van der Waals surface area contributed by atoms with Gasteiger partial charge in [-0.05, 0) is 83.5 Å². The van der Waals surface area contributed by atoms with Crippen molar-refractivity contribution in [3.63, 3.8) is 0 Å². The van der Waals surface area contributed by atoms with Crippen LogP contribution in [0.25, 0.3) is 0 Å². The van der Waals surface area contributed by atoms with Crippen LogP contribution in [-0.4, -0.2) is 47.4 Å². The summed E-state index contributed by atoms with van der Waals surface area (Å²) in [6, 6.07) is -0.626. The van der Waals surface area contributed by atoms with Gasteiger partial charge in [-0.2, -0.15) is 0 Å². The molecule has 0 rings (SSSR count). The van der Waals surface area contributed by atoms with Crippen LogP contribution in [0.4, 0.5) is 0 Å². The van der Waals surface area contributed by atoms with Crippen LogP contribution < -0.4 is 5.32 Å². The van der Waals surface area contributed by atoms with Crippen LogP contribution in [0.15, 0.2) is 36.5 Å². The van der Waals surface area contributed by atoms with Crippen molar-refractivity contribution in [2.24, 2.45) is 0 Å². The smallest absolute Gasteiger partial charge is 0.305 e. The average Bonchev–Trinajstić information content (AvgIpc) is 3.65. The highest BCUT2D eigenvalue weighted by molar-refractivity contribution is 5.76. The Labute approximate surface area is 570 Å². The Hall–Kier alpha value is -1.92. The summed E-state index contributed by atoms with van der Waals surface area (Å²) < 4.78 is 5.52. The molecule has 0 bridgehead atoms. The fourth-order valence-electron chi connectivity index (χ4n) is 13.3. The van der Waals surface area contributed by atoms with Gasteiger partial charge in [0.2, 0.25) is 5.91 Å². The molecule has 0 aliphatic heterocycles. The Morgan fingerprint density at radius 3 is 0.780 bits per heavy atom. The van der Waals surface area contributed by atoms with E-state index in [-0.39, 0.29) is 18.5 Å². The molecule has 0 radical (unpaired) electrons. The SMILES string of the molecule is CCCCCCCCC/C=C\CCCCCCCCCC(=O)OCCCCCCCCCCCCCCCCCC/C=C\CCCCCCCCCCCCCCCCCCCC(=O)NC(CO)C(O)/C=C/CCCCCCCCCCCCCCCCCCC. The Balaban J connectivity index is 3.34.